The number of para-hydroxylation sites is 1. The third kappa shape index (κ3) is 4.14. The number of rotatable bonds is 6. The van der Waals surface area contributed by atoms with E-state index in [9.17, 15) is 14.7 Å². The highest BCUT2D eigenvalue weighted by atomic mass is 16.5. The number of fused-ring (bicyclic) bond motifs is 1. The average molecular weight is 345 g/mol. The van der Waals surface area contributed by atoms with E-state index >= 15 is 0 Å². The summed E-state index contributed by atoms with van der Waals surface area (Å²) in [6, 6.07) is 7.41. The van der Waals surface area contributed by atoms with Crippen LogP contribution in [-0.2, 0) is 16.0 Å². The second-order valence-electron chi connectivity index (χ2n) is 7.36. The van der Waals surface area contributed by atoms with Crippen LogP contribution in [-0.4, -0.2) is 42.1 Å². The zero-order valence-electron chi connectivity index (χ0n) is 14.8. The Balaban J connectivity index is 1.63. The number of likely N-dealkylation sites (tertiary alicyclic amines) is 1. The molecule has 1 amide bonds. The maximum Gasteiger partial charge on any atom is 0.307 e. The topological polar surface area (TPSA) is 66.8 Å². The SMILES string of the molecule is COc1ccccc1CC(CC(=O)N1C[C@H]2CCCC[C@H]2C1)C(=O)O. The number of amides is 1. The Kier molecular flexibility index (Phi) is 5.61. The van der Waals surface area contributed by atoms with Gasteiger partial charge in [-0.2, -0.15) is 0 Å². The van der Waals surface area contributed by atoms with Crippen molar-refractivity contribution in [3.8, 4) is 5.75 Å². The molecule has 2 fully saturated rings. The fourth-order valence-electron chi connectivity index (χ4n) is 4.33. The van der Waals surface area contributed by atoms with Crippen LogP contribution in [0.3, 0.4) is 0 Å². The zero-order valence-corrected chi connectivity index (χ0v) is 14.8. The maximum atomic E-state index is 12.7. The average Bonchev–Trinajstić information content (AvgIpc) is 3.05. The van der Waals surface area contributed by atoms with Crippen molar-refractivity contribution in [2.75, 3.05) is 20.2 Å². The van der Waals surface area contributed by atoms with Gasteiger partial charge >= 0.3 is 5.97 Å². The number of carbonyl (C=O) groups is 2. The van der Waals surface area contributed by atoms with E-state index in [1.165, 1.54) is 25.7 Å². The van der Waals surface area contributed by atoms with E-state index in [2.05, 4.69) is 0 Å². The van der Waals surface area contributed by atoms with Crippen molar-refractivity contribution in [2.45, 2.75) is 38.5 Å². The molecular formula is C20H27NO4. The number of nitrogens with zero attached hydrogens (tertiary/aromatic N) is 1. The Bertz CT molecular complexity index is 616. The molecule has 5 heteroatoms. The van der Waals surface area contributed by atoms with Gasteiger partial charge in [0.2, 0.25) is 5.91 Å². The monoisotopic (exact) mass is 345 g/mol. The summed E-state index contributed by atoms with van der Waals surface area (Å²) in [5.41, 5.74) is 0.834. The van der Waals surface area contributed by atoms with Gasteiger partial charge in [0.05, 0.1) is 13.0 Å². The first kappa shape index (κ1) is 17.8. The molecule has 136 valence electrons. The van der Waals surface area contributed by atoms with E-state index in [1.807, 2.05) is 29.2 Å². The molecule has 3 atom stereocenters. The van der Waals surface area contributed by atoms with Crippen LogP contribution in [0.4, 0.5) is 0 Å². The first-order chi connectivity index (χ1) is 12.1. The molecule has 0 bridgehead atoms. The largest absolute Gasteiger partial charge is 0.496 e. The molecule has 1 saturated carbocycles. The van der Waals surface area contributed by atoms with Gasteiger partial charge in [0.25, 0.3) is 0 Å². The molecule has 0 spiro atoms. The van der Waals surface area contributed by atoms with Gasteiger partial charge in [0.15, 0.2) is 0 Å². The summed E-state index contributed by atoms with van der Waals surface area (Å²) in [4.78, 5) is 26.3. The first-order valence-corrected chi connectivity index (χ1v) is 9.21. The van der Waals surface area contributed by atoms with E-state index in [0.29, 0.717) is 24.0 Å². The summed E-state index contributed by atoms with van der Waals surface area (Å²) < 4.78 is 5.31. The van der Waals surface area contributed by atoms with E-state index in [1.54, 1.807) is 7.11 Å². The van der Waals surface area contributed by atoms with Gasteiger partial charge in [-0.05, 0) is 42.7 Å². The maximum absolute atomic E-state index is 12.7. The third-order valence-electron chi connectivity index (χ3n) is 5.76. The number of hydrogen-bond acceptors (Lipinski definition) is 3. The van der Waals surface area contributed by atoms with Gasteiger partial charge in [-0.1, -0.05) is 31.0 Å². The predicted molar refractivity (Wildman–Crippen MR) is 94.5 cm³/mol. The van der Waals surface area contributed by atoms with Crippen LogP contribution in [0, 0.1) is 17.8 Å². The molecule has 5 nitrogen and oxygen atoms in total. The molecule has 1 aromatic rings. The van der Waals surface area contributed by atoms with Crippen LogP contribution in [0.1, 0.15) is 37.7 Å². The van der Waals surface area contributed by atoms with Gasteiger partial charge in [-0.25, -0.2) is 0 Å². The Hall–Kier alpha value is -2.04. The number of carbonyl (C=O) groups excluding carboxylic acids is 1. The summed E-state index contributed by atoms with van der Waals surface area (Å²) >= 11 is 0. The molecule has 1 heterocycles. The lowest BCUT2D eigenvalue weighted by molar-refractivity contribution is -0.145. The fourth-order valence-corrected chi connectivity index (χ4v) is 4.33. The van der Waals surface area contributed by atoms with Crippen molar-refractivity contribution in [3.05, 3.63) is 29.8 Å². The number of benzene rings is 1. The Morgan fingerprint density at radius 2 is 1.84 bits per heavy atom. The van der Waals surface area contributed by atoms with E-state index < -0.39 is 11.9 Å². The number of aliphatic carboxylic acids is 1. The summed E-state index contributed by atoms with van der Waals surface area (Å²) in [7, 11) is 1.58. The van der Waals surface area contributed by atoms with Gasteiger partial charge in [-0.15, -0.1) is 0 Å². The number of methoxy groups -OCH3 is 1. The first-order valence-electron chi connectivity index (χ1n) is 9.21. The molecule has 1 unspecified atom stereocenters. The molecule has 1 N–H and O–H groups in total. The smallest absolute Gasteiger partial charge is 0.307 e. The van der Waals surface area contributed by atoms with Gasteiger partial charge in [0.1, 0.15) is 5.75 Å². The molecule has 1 aliphatic heterocycles. The second-order valence-corrected chi connectivity index (χ2v) is 7.36. The second kappa shape index (κ2) is 7.89. The van der Waals surface area contributed by atoms with Crippen LogP contribution in [0.2, 0.25) is 0 Å². The normalized spacial score (nSPS) is 23.8. The number of carboxylic acid groups (broad SMARTS) is 1. The van der Waals surface area contributed by atoms with E-state index in [0.717, 1.165) is 18.7 Å². The quantitative estimate of drug-likeness (QED) is 0.861. The highest BCUT2D eigenvalue weighted by Gasteiger charge is 2.37. The van der Waals surface area contributed by atoms with E-state index in [-0.39, 0.29) is 12.3 Å². The minimum Gasteiger partial charge on any atom is -0.496 e. The number of hydrogen-bond donors (Lipinski definition) is 1. The lowest BCUT2D eigenvalue weighted by Crippen LogP contribution is -2.33. The predicted octanol–water partition coefficient (Wildman–Crippen LogP) is 2.98. The lowest BCUT2D eigenvalue weighted by atomic mass is 9.82. The highest BCUT2D eigenvalue weighted by Crippen LogP contribution is 2.36. The van der Waals surface area contributed by atoms with Crippen molar-refractivity contribution >= 4 is 11.9 Å². The number of carboxylic acids is 1. The third-order valence-corrected chi connectivity index (χ3v) is 5.76. The van der Waals surface area contributed by atoms with Gasteiger partial charge < -0.3 is 14.7 Å². The number of ether oxygens (including phenoxy) is 1. The van der Waals surface area contributed by atoms with Crippen molar-refractivity contribution in [2.24, 2.45) is 17.8 Å². The van der Waals surface area contributed by atoms with Crippen LogP contribution in [0.5, 0.6) is 5.75 Å². The molecule has 0 radical (unpaired) electrons. The molecule has 2 aliphatic rings. The summed E-state index contributed by atoms with van der Waals surface area (Å²) in [6.07, 6.45) is 5.30. The summed E-state index contributed by atoms with van der Waals surface area (Å²) in [5, 5.41) is 9.58. The summed E-state index contributed by atoms with van der Waals surface area (Å²) in [5.74, 6) is 0.262. The zero-order chi connectivity index (χ0) is 17.8. The minimum absolute atomic E-state index is 0.0169. The van der Waals surface area contributed by atoms with Crippen molar-refractivity contribution in [1.82, 2.24) is 4.90 Å². The summed E-state index contributed by atoms with van der Waals surface area (Å²) in [6.45, 7) is 1.62. The standard InChI is InChI=1S/C20H27NO4/c1-25-18-9-5-4-6-14(18)10-17(20(23)24)11-19(22)21-12-15-7-2-3-8-16(15)13-21/h4-6,9,15-17H,2-3,7-8,10-13H2,1H3,(H,23,24)/t15-,16+,17?. The Morgan fingerprint density at radius 3 is 2.44 bits per heavy atom. The molecular weight excluding hydrogens is 318 g/mol. The highest BCUT2D eigenvalue weighted by molar-refractivity contribution is 5.82. The van der Waals surface area contributed by atoms with E-state index in [4.69, 9.17) is 4.74 Å². The van der Waals surface area contributed by atoms with Crippen LogP contribution in [0.15, 0.2) is 24.3 Å². The van der Waals surface area contributed by atoms with Gasteiger partial charge in [-0.3, -0.25) is 9.59 Å². The Labute approximate surface area is 149 Å². The fraction of sp³-hybridized carbons (Fsp3) is 0.600. The molecule has 1 saturated heterocycles. The van der Waals surface area contributed by atoms with Crippen molar-refractivity contribution in [1.29, 1.82) is 0 Å². The van der Waals surface area contributed by atoms with Crippen molar-refractivity contribution in [3.63, 3.8) is 0 Å². The lowest BCUT2D eigenvalue weighted by Gasteiger charge is -2.22. The van der Waals surface area contributed by atoms with Crippen molar-refractivity contribution < 1.29 is 19.4 Å². The molecule has 25 heavy (non-hydrogen) atoms. The van der Waals surface area contributed by atoms with Crippen LogP contribution in [0.25, 0.3) is 0 Å². The minimum atomic E-state index is -0.920. The Morgan fingerprint density at radius 1 is 1.20 bits per heavy atom. The molecule has 0 aromatic heterocycles. The molecule has 1 aliphatic carbocycles. The van der Waals surface area contributed by atoms with Crippen LogP contribution >= 0.6 is 0 Å². The molecule has 1 aromatic carbocycles. The van der Waals surface area contributed by atoms with Gasteiger partial charge in [0, 0.05) is 19.5 Å². The van der Waals surface area contributed by atoms with Crippen LogP contribution < -0.4 is 4.74 Å². The molecule has 3 rings (SSSR count).